The van der Waals surface area contributed by atoms with Gasteiger partial charge in [-0.25, -0.2) is 4.39 Å². The Morgan fingerprint density at radius 3 is 2.85 bits per heavy atom. The molecule has 66 valence electrons. The van der Waals surface area contributed by atoms with Crippen LogP contribution < -0.4 is 0 Å². The lowest BCUT2D eigenvalue weighted by Gasteiger charge is -2.02. The van der Waals surface area contributed by atoms with Gasteiger partial charge in [0.25, 0.3) is 0 Å². The van der Waals surface area contributed by atoms with E-state index in [1.54, 1.807) is 19.1 Å². The van der Waals surface area contributed by atoms with E-state index in [1.807, 2.05) is 6.07 Å². The average molecular weight is 196 g/mol. The van der Waals surface area contributed by atoms with Crippen LogP contribution in [0.3, 0.4) is 0 Å². The van der Waals surface area contributed by atoms with Crippen molar-refractivity contribution in [3.05, 3.63) is 40.2 Å². The third-order valence-corrected chi connectivity index (χ3v) is 2.19. The second-order valence-electron chi connectivity index (χ2n) is 2.54. The Morgan fingerprint density at radius 1 is 1.54 bits per heavy atom. The van der Waals surface area contributed by atoms with Crippen LogP contribution in [0, 0.1) is 24.1 Å². The first-order valence-corrected chi connectivity index (χ1v) is 4.05. The minimum atomic E-state index is -0.334. The van der Waals surface area contributed by atoms with Gasteiger partial charge in [0, 0.05) is 11.6 Å². The highest BCUT2D eigenvalue weighted by molar-refractivity contribution is 6.32. The van der Waals surface area contributed by atoms with E-state index in [4.69, 9.17) is 16.9 Å². The first-order chi connectivity index (χ1) is 6.16. The molecule has 0 spiro atoms. The van der Waals surface area contributed by atoms with Crippen LogP contribution in [0.2, 0.25) is 5.02 Å². The number of allylic oxidation sites excluding steroid dienone is 1. The summed E-state index contributed by atoms with van der Waals surface area (Å²) in [6.45, 7) is 1.60. The van der Waals surface area contributed by atoms with Gasteiger partial charge in [-0.1, -0.05) is 17.7 Å². The Bertz CT molecular complexity index is 391. The molecule has 13 heavy (non-hydrogen) atoms. The molecule has 1 aromatic carbocycles. The molecule has 0 aliphatic heterocycles. The van der Waals surface area contributed by atoms with Crippen molar-refractivity contribution in [2.75, 3.05) is 0 Å². The first kappa shape index (κ1) is 9.76. The smallest absolute Gasteiger partial charge is 0.127 e. The van der Waals surface area contributed by atoms with Gasteiger partial charge in [0.1, 0.15) is 5.82 Å². The first-order valence-electron chi connectivity index (χ1n) is 3.67. The van der Waals surface area contributed by atoms with Gasteiger partial charge in [-0.05, 0) is 24.6 Å². The monoisotopic (exact) mass is 195 g/mol. The van der Waals surface area contributed by atoms with Crippen LogP contribution in [0.4, 0.5) is 4.39 Å². The minimum Gasteiger partial charge on any atom is -0.207 e. The Kier molecular flexibility index (Phi) is 3.05. The molecule has 0 heterocycles. The van der Waals surface area contributed by atoms with Gasteiger partial charge in [0.05, 0.1) is 11.1 Å². The van der Waals surface area contributed by atoms with E-state index in [-0.39, 0.29) is 5.82 Å². The standard InChI is InChI=1S/C10H7ClFN/c1-7-9(12)5-4-8(10(7)11)3-2-6-13/h2-5H,1H3. The molecule has 0 bridgehead atoms. The summed E-state index contributed by atoms with van der Waals surface area (Å²) >= 11 is 5.83. The molecule has 0 amide bonds. The van der Waals surface area contributed by atoms with Crippen molar-refractivity contribution in [3.8, 4) is 6.07 Å². The maximum absolute atomic E-state index is 12.9. The lowest BCUT2D eigenvalue weighted by molar-refractivity contribution is 0.618. The van der Waals surface area contributed by atoms with Crippen molar-refractivity contribution in [1.29, 1.82) is 5.26 Å². The van der Waals surface area contributed by atoms with Crippen LogP contribution in [0.1, 0.15) is 11.1 Å². The molecule has 0 fully saturated rings. The lowest BCUT2D eigenvalue weighted by Crippen LogP contribution is -1.86. The topological polar surface area (TPSA) is 23.8 Å². The second kappa shape index (κ2) is 4.06. The fourth-order valence-electron chi connectivity index (χ4n) is 0.938. The summed E-state index contributed by atoms with van der Waals surface area (Å²) in [6.07, 6.45) is 2.85. The van der Waals surface area contributed by atoms with E-state index in [2.05, 4.69) is 0 Å². The molecule has 0 saturated heterocycles. The van der Waals surface area contributed by atoms with Gasteiger partial charge in [-0.15, -0.1) is 0 Å². The summed E-state index contributed by atoms with van der Waals surface area (Å²) in [4.78, 5) is 0. The van der Waals surface area contributed by atoms with Crippen molar-refractivity contribution in [2.45, 2.75) is 6.92 Å². The summed E-state index contributed by atoms with van der Waals surface area (Å²) < 4.78 is 12.9. The largest absolute Gasteiger partial charge is 0.207 e. The average Bonchev–Trinajstić information content (AvgIpc) is 2.13. The second-order valence-corrected chi connectivity index (χ2v) is 2.92. The Hall–Kier alpha value is -1.33. The number of halogens is 2. The molecular weight excluding hydrogens is 189 g/mol. The molecule has 0 atom stereocenters. The number of rotatable bonds is 1. The molecule has 0 aliphatic carbocycles. The molecule has 0 unspecified atom stereocenters. The summed E-state index contributed by atoms with van der Waals surface area (Å²) in [5.41, 5.74) is 1.06. The molecule has 0 aliphatic rings. The molecule has 0 radical (unpaired) electrons. The zero-order chi connectivity index (χ0) is 9.84. The Morgan fingerprint density at radius 2 is 2.23 bits per heavy atom. The summed E-state index contributed by atoms with van der Waals surface area (Å²) in [5, 5.41) is 8.64. The highest BCUT2D eigenvalue weighted by Crippen LogP contribution is 2.23. The number of nitrogens with zero attached hydrogens (tertiary/aromatic N) is 1. The lowest BCUT2D eigenvalue weighted by atomic mass is 10.1. The van der Waals surface area contributed by atoms with Crippen LogP contribution >= 0.6 is 11.6 Å². The maximum Gasteiger partial charge on any atom is 0.127 e. The van der Waals surface area contributed by atoms with Crippen LogP contribution in [0.15, 0.2) is 18.2 Å². The van der Waals surface area contributed by atoms with Crippen molar-refractivity contribution in [1.82, 2.24) is 0 Å². The van der Waals surface area contributed by atoms with Gasteiger partial charge in [-0.3, -0.25) is 0 Å². The zero-order valence-electron chi connectivity index (χ0n) is 7.01. The van der Waals surface area contributed by atoms with Gasteiger partial charge in [0.15, 0.2) is 0 Å². The van der Waals surface area contributed by atoms with Gasteiger partial charge < -0.3 is 0 Å². The number of nitriles is 1. The minimum absolute atomic E-state index is 0.334. The highest BCUT2D eigenvalue weighted by atomic mass is 35.5. The maximum atomic E-state index is 12.9. The Labute approximate surface area is 81.1 Å². The fraction of sp³-hybridized carbons (Fsp3) is 0.100. The molecule has 0 N–H and O–H groups in total. The molecule has 3 heteroatoms. The predicted octanol–water partition coefficient (Wildman–Crippen LogP) is 3.32. The molecule has 0 saturated carbocycles. The van der Waals surface area contributed by atoms with Gasteiger partial charge >= 0.3 is 0 Å². The summed E-state index contributed by atoms with van der Waals surface area (Å²) in [7, 11) is 0. The van der Waals surface area contributed by atoms with E-state index >= 15 is 0 Å². The SMILES string of the molecule is Cc1c(F)ccc(C=CC#N)c1Cl. The van der Waals surface area contributed by atoms with Crippen LogP contribution in [-0.4, -0.2) is 0 Å². The molecule has 1 rings (SSSR count). The van der Waals surface area contributed by atoms with Crippen LogP contribution in [0.25, 0.3) is 6.08 Å². The molecular formula is C10H7ClFN. The summed E-state index contributed by atoms with van der Waals surface area (Å²) in [5.74, 6) is -0.334. The highest BCUT2D eigenvalue weighted by Gasteiger charge is 2.04. The van der Waals surface area contributed by atoms with Crippen molar-refractivity contribution in [2.24, 2.45) is 0 Å². The number of hydrogen-bond donors (Lipinski definition) is 0. The van der Waals surface area contributed by atoms with Crippen LogP contribution in [-0.2, 0) is 0 Å². The third kappa shape index (κ3) is 2.07. The van der Waals surface area contributed by atoms with E-state index in [0.29, 0.717) is 16.1 Å². The van der Waals surface area contributed by atoms with Crippen molar-refractivity contribution in [3.63, 3.8) is 0 Å². The number of hydrogen-bond acceptors (Lipinski definition) is 1. The van der Waals surface area contributed by atoms with Crippen LogP contribution in [0.5, 0.6) is 0 Å². The van der Waals surface area contributed by atoms with E-state index in [1.165, 1.54) is 12.1 Å². The summed E-state index contributed by atoms with van der Waals surface area (Å²) in [6, 6.07) is 4.72. The Balaban J connectivity index is 3.20. The quantitative estimate of drug-likeness (QED) is 0.631. The van der Waals surface area contributed by atoms with Gasteiger partial charge in [-0.2, -0.15) is 5.26 Å². The molecule has 1 nitrogen and oxygen atoms in total. The molecule has 1 aromatic rings. The van der Waals surface area contributed by atoms with Gasteiger partial charge in [0.2, 0.25) is 0 Å². The van der Waals surface area contributed by atoms with E-state index in [9.17, 15) is 4.39 Å². The third-order valence-electron chi connectivity index (χ3n) is 1.69. The molecule has 0 aromatic heterocycles. The van der Waals surface area contributed by atoms with E-state index in [0.717, 1.165) is 0 Å². The number of benzene rings is 1. The predicted molar refractivity (Wildman–Crippen MR) is 50.8 cm³/mol. The van der Waals surface area contributed by atoms with Crippen molar-refractivity contribution >= 4 is 17.7 Å². The van der Waals surface area contributed by atoms with E-state index < -0.39 is 0 Å². The fourth-order valence-corrected chi connectivity index (χ4v) is 1.15. The zero-order valence-corrected chi connectivity index (χ0v) is 7.77. The van der Waals surface area contributed by atoms with Crippen molar-refractivity contribution < 1.29 is 4.39 Å². The normalized spacial score (nSPS) is 10.3.